The van der Waals surface area contributed by atoms with Crippen LogP contribution in [0.25, 0.3) is 22.4 Å². The van der Waals surface area contributed by atoms with E-state index in [0.29, 0.717) is 40.8 Å². The molecule has 1 aromatic carbocycles. The molecule has 0 spiro atoms. The third-order valence-corrected chi connectivity index (χ3v) is 6.52. The van der Waals surface area contributed by atoms with Crippen LogP contribution in [0.4, 0.5) is 8.78 Å². The van der Waals surface area contributed by atoms with Gasteiger partial charge in [0.1, 0.15) is 28.7 Å². The number of ether oxygens (including phenoxy) is 1. The molecule has 3 aromatic heterocycles. The standard InChI is InChI=1S/C25H24F2N6O/c1-13-10-28-23-22(19-6-3-17(26)9-20(19)27)31-24(32-25(23)30-13)15-7-14(2)34-21(8-15)16-11-29-33(12-16)18-4-5-18/h3,6,9-12,14-15,18,21H,4-5,7-8H2,1-2H3/t14-,15-,21-/m1/s1. The van der Waals surface area contributed by atoms with Crippen molar-refractivity contribution < 1.29 is 13.5 Å². The maximum Gasteiger partial charge on any atom is 0.182 e. The van der Waals surface area contributed by atoms with E-state index >= 15 is 0 Å². The monoisotopic (exact) mass is 462 g/mol. The van der Waals surface area contributed by atoms with Gasteiger partial charge in [-0.1, -0.05) is 0 Å². The van der Waals surface area contributed by atoms with Gasteiger partial charge in [-0.3, -0.25) is 4.68 Å². The van der Waals surface area contributed by atoms with Crippen molar-refractivity contribution in [2.24, 2.45) is 0 Å². The normalized spacial score (nSPS) is 22.9. The molecule has 0 bridgehead atoms. The zero-order valence-corrected chi connectivity index (χ0v) is 18.9. The average Bonchev–Trinajstić information content (AvgIpc) is 3.54. The first-order valence-electron chi connectivity index (χ1n) is 11.6. The van der Waals surface area contributed by atoms with Crippen LogP contribution in [0.3, 0.4) is 0 Å². The van der Waals surface area contributed by atoms with E-state index in [1.807, 2.05) is 24.7 Å². The van der Waals surface area contributed by atoms with Gasteiger partial charge in [0.05, 0.1) is 30.1 Å². The Bertz CT molecular complexity index is 1390. The first-order valence-corrected chi connectivity index (χ1v) is 11.6. The molecule has 0 amide bonds. The molecule has 7 nitrogen and oxygen atoms in total. The number of aromatic nitrogens is 6. The van der Waals surface area contributed by atoms with Crippen molar-refractivity contribution >= 4 is 11.2 Å². The first kappa shape index (κ1) is 21.2. The van der Waals surface area contributed by atoms with Crippen LogP contribution in [0.5, 0.6) is 0 Å². The summed E-state index contributed by atoms with van der Waals surface area (Å²) < 4.78 is 36.6. The minimum atomic E-state index is -0.695. The Balaban J connectivity index is 1.41. The molecule has 6 rings (SSSR count). The lowest BCUT2D eigenvalue weighted by Gasteiger charge is -2.33. The molecule has 34 heavy (non-hydrogen) atoms. The minimum Gasteiger partial charge on any atom is -0.370 e. The minimum absolute atomic E-state index is 0.0121. The third kappa shape index (κ3) is 3.94. The number of benzene rings is 1. The number of rotatable bonds is 4. The van der Waals surface area contributed by atoms with E-state index in [1.165, 1.54) is 25.0 Å². The van der Waals surface area contributed by atoms with Crippen molar-refractivity contribution in [2.75, 3.05) is 0 Å². The Hall–Kier alpha value is -3.33. The quantitative estimate of drug-likeness (QED) is 0.413. The van der Waals surface area contributed by atoms with Gasteiger partial charge < -0.3 is 4.74 Å². The van der Waals surface area contributed by atoms with Crippen LogP contribution in [-0.2, 0) is 4.74 Å². The summed E-state index contributed by atoms with van der Waals surface area (Å²) in [7, 11) is 0. The SMILES string of the molecule is Cc1cnc2c(-c3ccc(F)cc3F)nc([C@@H]3C[C@@H](C)O[C@@H](c4cnn(C5CC5)c4)C3)nc2n1. The molecule has 0 radical (unpaired) electrons. The van der Waals surface area contributed by atoms with Crippen LogP contribution in [0.15, 0.2) is 36.8 Å². The van der Waals surface area contributed by atoms with E-state index < -0.39 is 11.6 Å². The summed E-state index contributed by atoms with van der Waals surface area (Å²) in [5.74, 6) is -0.790. The molecule has 174 valence electrons. The molecular formula is C25H24F2N6O. The third-order valence-electron chi connectivity index (χ3n) is 6.52. The van der Waals surface area contributed by atoms with E-state index in [1.54, 1.807) is 6.20 Å². The molecule has 1 saturated carbocycles. The summed E-state index contributed by atoms with van der Waals surface area (Å²) in [5.41, 5.74) is 3.04. The fourth-order valence-corrected chi connectivity index (χ4v) is 4.69. The number of hydrogen-bond acceptors (Lipinski definition) is 6. The fourth-order valence-electron chi connectivity index (χ4n) is 4.69. The molecule has 2 fully saturated rings. The van der Waals surface area contributed by atoms with Crippen LogP contribution >= 0.6 is 0 Å². The Labute approximate surface area is 195 Å². The topological polar surface area (TPSA) is 78.6 Å². The highest BCUT2D eigenvalue weighted by molar-refractivity contribution is 5.86. The van der Waals surface area contributed by atoms with Crippen molar-refractivity contribution in [3.8, 4) is 11.3 Å². The Morgan fingerprint density at radius 3 is 2.71 bits per heavy atom. The van der Waals surface area contributed by atoms with E-state index in [9.17, 15) is 8.78 Å². The zero-order chi connectivity index (χ0) is 23.4. The van der Waals surface area contributed by atoms with Crippen molar-refractivity contribution in [3.05, 3.63) is 65.5 Å². The second-order valence-corrected chi connectivity index (χ2v) is 9.33. The predicted molar refractivity (Wildman–Crippen MR) is 121 cm³/mol. The lowest BCUT2D eigenvalue weighted by Crippen LogP contribution is -2.26. The van der Waals surface area contributed by atoms with E-state index in [4.69, 9.17) is 14.7 Å². The molecule has 0 unspecified atom stereocenters. The molecule has 1 saturated heterocycles. The number of hydrogen-bond donors (Lipinski definition) is 0. The maximum absolute atomic E-state index is 14.8. The van der Waals surface area contributed by atoms with Crippen molar-refractivity contribution in [1.82, 2.24) is 29.7 Å². The largest absolute Gasteiger partial charge is 0.370 e. The molecule has 3 atom stereocenters. The summed E-state index contributed by atoms with van der Waals surface area (Å²) in [5, 5.41) is 4.51. The molecule has 0 N–H and O–H groups in total. The Morgan fingerprint density at radius 1 is 1.06 bits per heavy atom. The van der Waals surface area contributed by atoms with Crippen LogP contribution < -0.4 is 0 Å². The summed E-state index contributed by atoms with van der Waals surface area (Å²) >= 11 is 0. The average molecular weight is 463 g/mol. The van der Waals surface area contributed by atoms with Crippen molar-refractivity contribution in [3.63, 3.8) is 0 Å². The number of nitrogens with zero attached hydrogens (tertiary/aromatic N) is 6. The van der Waals surface area contributed by atoms with Crippen LogP contribution in [-0.4, -0.2) is 35.8 Å². The van der Waals surface area contributed by atoms with E-state index in [-0.39, 0.29) is 23.7 Å². The Morgan fingerprint density at radius 2 is 1.91 bits per heavy atom. The Kier molecular flexibility index (Phi) is 5.09. The van der Waals surface area contributed by atoms with Crippen LogP contribution in [0.2, 0.25) is 0 Å². The van der Waals surface area contributed by atoms with Gasteiger partial charge in [0, 0.05) is 35.5 Å². The molecule has 2 aliphatic rings. The number of aryl methyl sites for hydroxylation is 1. The molecular weight excluding hydrogens is 438 g/mol. The maximum atomic E-state index is 14.8. The van der Waals surface area contributed by atoms with Gasteiger partial charge in [0.2, 0.25) is 0 Å². The number of fused-ring (bicyclic) bond motifs is 1. The molecule has 9 heteroatoms. The van der Waals surface area contributed by atoms with Gasteiger partial charge >= 0.3 is 0 Å². The van der Waals surface area contributed by atoms with Gasteiger partial charge in [-0.25, -0.2) is 28.7 Å². The van der Waals surface area contributed by atoms with Gasteiger partial charge in [0.25, 0.3) is 0 Å². The molecule has 4 aromatic rings. The first-order chi connectivity index (χ1) is 16.4. The smallest absolute Gasteiger partial charge is 0.182 e. The fraction of sp³-hybridized carbons (Fsp3) is 0.400. The lowest BCUT2D eigenvalue weighted by atomic mass is 9.89. The van der Waals surface area contributed by atoms with Gasteiger partial charge in [0.15, 0.2) is 5.65 Å². The van der Waals surface area contributed by atoms with Gasteiger partial charge in [-0.15, -0.1) is 0 Å². The predicted octanol–water partition coefficient (Wildman–Crippen LogP) is 5.23. The van der Waals surface area contributed by atoms with E-state index in [0.717, 1.165) is 18.1 Å². The second-order valence-electron chi connectivity index (χ2n) is 9.33. The summed E-state index contributed by atoms with van der Waals surface area (Å²) in [4.78, 5) is 18.5. The van der Waals surface area contributed by atoms with Crippen molar-refractivity contribution in [2.45, 2.75) is 63.7 Å². The zero-order valence-electron chi connectivity index (χ0n) is 18.9. The molecule has 4 heterocycles. The highest BCUT2D eigenvalue weighted by Crippen LogP contribution is 2.41. The van der Waals surface area contributed by atoms with Gasteiger partial charge in [-0.2, -0.15) is 5.10 Å². The summed E-state index contributed by atoms with van der Waals surface area (Å²) in [6.45, 7) is 3.87. The van der Waals surface area contributed by atoms with Gasteiger partial charge in [-0.05, 0) is 51.7 Å². The van der Waals surface area contributed by atoms with Crippen LogP contribution in [0, 0.1) is 18.6 Å². The molecule has 1 aliphatic heterocycles. The lowest BCUT2D eigenvalue weighted by molar-refractivity contribution is -0.0511. The summed E-state index contributed by atoms with van der Waals surface area (Å²) in [6, 6.07) is 3.97. The molecule has 1 aliphatic carbocycles. The summed E-state index contributed by atoms with van der Waals surface area (Å²) in [6.07, 6.45) is 9.15. The van der Waals surface area contributed by atoms with Crippen molar-refractivity contribution in [1.29, 1.82) is 0 Å². The highest BCUT2D eigenvalue weighted by Gasteiger charge is 2.33. The highest BCUT2D eigenvalue weighted by atomic mass is 19.1. The second kappa shape index (κ2) is 8.16. The van der Waals surface area contributed by atoms with Crippen LogP contribution in [0.1, 0.15) is 67.8 Å². The van der Waals surface area contributed by atoms with E-state index in [2.05, 4.69) is 21.3 Å². The number of halogens is 2.